The van der Waals surface area contributed by atoms with E-state index >= 15 is 0 Å². The van der Waals surface area contributed by atoms with Crippen LogP contribution in [-0.4, -0.2) is 57.5 Å². The average Bonchev–Trinajstić information content (AvgIpc) is 3.18. The van der Waals surface area contributed by atoms with Gasteiger partial charge in [0.1, 0.15) is 11.9 Å². The Bertz CT molecular complexity index is 1010. The Morgan fingerprint density at radius 2 is 1.94 bits per heavy atom. The second kappa shape index (κ2) is 9.69. The molecule has 168 valence electrons. The van der Waals surface area contributed by atoms with Gasteiger partial charge in [0.2, 0.25) is 5.91 Å². The molecule has 0 unspecified atom stereocenters. The second-order valence-corrected chi connectivity index (χ2v) is 7.60. The standard InChI is InChI=1S/C23H25FN4O4/c24-20-13-18(6-7-21(20)27-9-11-31-12-10-27)28-15-19(32-23(28)30)14-26-22(29)8-3-16-1-4-17(25)5-2-16/h1-8,13,19H,9-12,14-15,25H2,(H,26,29)/b8-3+/t19-/m1/s1. The molecule has 2 saturated heterocycles. The lowest BCUT2D eigenvalue weighted by molar-refractivity contribution is -0.116. The monoisotopic (exact) mass is 440 g/mol. The number of rotatable bonds is 6. The molecule has 2 amide bonds. The lowest BCUT2D eigenvalue weighted by Gasteiger charge is -2.29. The topological polar surface area (TPSA) is 97.1 Å². The van der Waals surface area contributed by atoms with Crippen LogP contribution in [0, 0.1) is 5.82 Å². The van der Waals surface area contributed by atoms with Gasteiger partial charge in [-0.1, -0.05) is 12.1 Å². The zero-order valence-corrected chi connectivity index (χ0v) is 17.5. The van der Waals surface area contributed by atoms with E-state index in [0.717, 1.165) is 5.56 Å². The smallest absolute Gasteiger partial charge is 0.414 e. The van der Waals surface area contributed by atoms with Crippen molar-refractivity contribution in [3.8, 4) is 0 Å². The Hall–Kier alpha value is -3.59. The van der Waals surface area contributed by atoms with Crippen molar-refractivity contribution in [3.63, 3.8) is 0 Å². The van der Waals surface area contributed by atoms with Gasteiger partial charge in [0.25, 0.3) is 0 Å². The van der Waals surface area contributed by atoms with Gasteiger partial charge in [-0.05, 0) is 42.0 Å². The Balaban J connectivity index is 1.31. The number of halogens is 1. The van der Waals surface area contributed by atoms with Crippen molar-refractivity contribution in [1.29, 1.82) is 0 Å². The number of cyclic esters (lactones) is 1. The normalized spacial score (nSPS) is 18.8. The fourth-order valence-corrected chi connectivity index (χ4v) is 3.62. The zero-order chi connectivity index (χ0) is 22.5. The molecule has 0 aromatic heterocycles. The highest BCUT2D eigenvalue weighted by molar-refractivity contribution is 5.92. The molecule has 0 radical (unpaired) electrons. The van der Waals surface area contributed by atoms with Gasteiger partial charge < -0.3 is 25.4 Å². The van der Waals surface area contributed by atoms with Gasteiger partial charge in [0.15, 0.2) is 0 Å². The minimum absolute atomic E-state index is 0.154. The van der Waals surface area contributed by atoms with Crippen molar-refractivity contribution in [2.45, 2.75) is 6.10 Å². The van der Waals surface area contributed by atoms with Gasteiger partial charge in [0, 0.05) is 24.9 Å². The molecule has 0 aliphatic carbocycles. The highest BCUT2D eigenvalue weighted by atomic mass is 19.1. The van der Waals surface area contributed by atoms with E-state index in [9.17, 15) is 14.0 Å². The molecule has 2 aromatic carbocycles. The molecule has 1 atom stereocenters. The predicted molar refractivity (Wildman–Crippen MR) is 120 cm³/mol. The summed E-state index contributed by atoms with van der Waals surface area (Å²) in [5, 5.41) is 2.72. The van der Waals surface area contributed by atoms with Crippen LogP contribution >= 0.6 is 0 Å². The highest BCUT2D eigenvalue weighted by Gasteiger charge is 2.33. The SMILES string of the molecule is Nc1ccc(/C=C/C(=O)NC[C@@H]2CN(c3ccc(N4CCOCC4)c(F)c3)C(=O)O2)cc1. The first-order valence-corrected chi connectivity index (χ1v) is 10.4. The number of carbonyl (C=O) groups is 2. The second-order valence-electron chi connectivity index (χ2n) is 7.60. The fraction of sp³-hybridized carbons (Fsp3) is 0.304. The van der Waals surface area contributed by atoms with Crippen molar-refractivity contribution in [2.75, 3.05) is 54.9 Å². The summed E-state index contributed by atoms with van der Waals surface area (Å²) >= 11 is 0. The number of anilines is 3. The van der Waals surface area contributed by atoms with Crippen LogP contribution in [-0.2, 0) is 14.3 Å². The molecule has 2 heterocycles. The molecule has 2 aromatic rings. The van der Waals surface area contributed by atoms with Gasteiger partial charge in [-0.25, -0.2) is 9.18 Å². The molecule has 2 aliphatic heterocycles. The van der Waals surface area contributed by atoms with Gasteiger partial charge in [-0.3, -0.25) is 9.69 Å². The molecule has 2 fully saturated rings. The number of hydrogen-bond acceptors (Lipinski definition) is 6. The molecule has 3 N–H and O–H groups in total. The van der Waals surface area contributed by atoms with E-state index in [1.807, 2.05) is 4.90 Å². The summed E-state index contributed by atoms with van der Waals surface area (Å²) in [6.45, 7) is 2.73. The van der Waals surface area contributed by atoms with Crippen LogP contribution in [0.2, 0.25) is 0 Å². The fourth-order valence-electron chi connectivity index (χ4n) is 3.62. The van der Waals surface area contributed by atoms with Crippen molar-refractivity contribution in [3.05, 3.63) is 59.9 Å². The minimum Gasteiger partial charge on any atom is -0.442 e. The Labute approximate surface area is 185 Å². The molecular formula is C23H25FN4O4. The Kier molecular flexibility index (Phi) is 6.55. The maximum absolute atomic E-state index is 14.7. The quantitative estimate of drug-likeness (QED) is 0.529. The number of ether oxygens (including phenoxy) is 2. The van der Waals surface area contributed by atoms with Gasteiger partial charge in [-0.2, -0.15) is 0 Å². The molecule has 8 nitrogen and oxygen atoms in total. The summed E-state index contributed by atoms with van der Waals surface area (Å²) in [5.74, 6) is -0.709. The summed E-state index contributed by atoms with van der Waals surface area (Å²) in [7, 11) is 0. The summed E-state index contributed by atoms with van der Waals surface area (Å²) in [5.41, 5.74) is 8.03. The van der Waals surface area contributed by atoms with Gasteiger partial charge in [-0.15, -0.1) is 0 Å². The first kappa shape index (κ1) is 21.6. The first-order chi connectivity index (χ1) is 15.5. The molecule has 2 aliphatic rings. The molecule has 0 saturated carbocycles. The van der Waals surface area contributed by atoms with Crippen LogP contribution in [0.4, 0.5) is 26.2 Å². The number of carbonyl (C=O) groups excluding carboxylic acids is 2. The molecule has 0 spiro atoms. The Morgan fingerprint density at radius 1 is 1.19 bits per heavy atom. The van der Waals surface area contributed by atoms with Crippen LogP contribution < -0.4 is 20.9 Å². The number of nitrogens with zero attached hydrogens (tertiary/aromatic N) is 2. The van der Waals surface area contributed by atoms with E-state index in [1.165, 1.54) is 17.0 Å². The first-order valence-electron chi connectivity index (χ1n) is 10.4. The van der Waals surface area contributed by atoms with E-state index < -0.39 is 18.0 Å². The summed E-state index contributed by atoms with van der Waals surface area (Å²) in [4.78, 5) is 27.6. The van der Waals surface area contributed by atoms with E-state index in [1.54, 1.807) is 42.5 Å². The van der Waals surface area contributed by atoms with Crippen LogP contribution in [0.5, 0.6) is 0 Å². The Morgan fingerprint density at radius 3 is 2.66 bits per heavy atom. The lowest BCUT2D eigenvalue weighted by atomic mass is 10.2. The molecule has 9 heteroatoms. The van der Waals surface area contributed by atoms with Crippen molar-refractivity contribution >= 4 is 35.1 Å². The van der Waals surface area contributed by atoms with Gasteiger partial charge in [0.05, 0.1) is 37.7 Å². The third-order valence-corrected chi connectivity index (χ3v) is 5.34. The molecule has 0 bridgehead atoms. The summed E-state index contributed by atoms with van der Waals surface area (Å²) in [6, 6.07) is 11.8. The van der Waals surface area contributed by atoms with Crippen LogP contribution in [0.3, 0.4) is 0 Å². The van der Waals surface area contributed by atoms with Crippen LogP contribution in [0.1, 0.15) is 5.56 Å². The number of benzene rings is 2. The minimum atomic E-state index is -0.569. The van der Waals surface area contributed by atoms with E-state index in [0.29, 0.717) is 43.4 Å². The van der Waals surface area contributed by atoms with Gasteiger partial charge >= 0.3 is 6.09 Å². The van der Waals surface area contributed by atoms with E-state index in [2.05, 4.69) is 5.32 Å². The maximum atomic E-state index is 14.7. The largest absolute Gasteiger partial charge is 0.442 e. The number of nitrogen functional groups attached to an aromatic ring is 1. The lowest BCUT2D eigenvalue weighted by Crippen LogP contribution is -2.36. The van der Waals surface area contributed by atoms with E-state index in [-0.39, 0.29) is 19.0 Å². The third-order valence-electron chi connectivity index (χ3n) is 5.34. The van der Waals surface area contributed by atoms with Crippen molar-refractivity contribution < 1.29 is 23.5 Å². The molecular weight excluding hydrogens is 415 g/mol. The predicted octanol–water partition coefficient (Wildman–Crippen LogP) is 2.40. The van der Waals surface area contributed by atoms with Crippen molar-refractivity contribution in [2.24, 2.45) is 0 Å². The van der Waals surface area contributed by atoms with Crippen LogP contribution in [0.15, 0.2) is 48.5 Å². The summed E-state index contributed by atoms with van der Waals surface area (Å²) in [6.07, 6.45) is 1.97. The van der Waals surface area contributed by atoms with Crippen molar-refractivity contribution in [1.82, 2.24) is 5.32 Å². The summed E-state index contributed by atoms with van der Waals surface area (Å²) < 4.78 is 25.3. The highest BCUT2D eigenvalue weighted by Crippen LogP contribution is 2.28. The number of morpholine rings is 1. The maximum Gasteiger partial charge on any atom is 0.414 e. The number of hydrogen-bond donors (Lipinski definition) is 2. The molecule has 4 rings (SSSR count). The van der Waals surface area contributed by atoms with Crippen LogP contribution in [0.25, 0.3) is 6.08 Å². The molecule has 32 heavy (non-hydrogen) atoms. The zero-order valence-electron chi connectivity index (χ0n) is 17.5. The average molecular weight is 440 g/mol. The van der Waals surface area contributed by atoms with E-state index in [4.69, 9.17) is 15.2 Å². The number of amides is 2. The third kappa shape index (κ3) is 5.17. The number of nitrogens with one attached hydrogen (secondary N) is 1. The number of nitrogens with two attached hydrogens (primary N) is 1.